The lowest BCUT2D eigenvalue weighted by Crippen LogP contribution is -2.13. The van der Waals surface area contributed by atoms with E-state index in [1.165, 1.54) is 18.2 Å². The molecule has 0 aliphatic rings. The van der Waals surface area contributed by atoms with Gasteiger partial charge in [-0.3, -0.25) is 4.72 Å². The fourth-order valence-corrected chi connectivity index (χ4v) is 4.09. The van der Waals surface area contributed by atoms with Crippen molar-refractivity contribution in [3.8, 4) is 5.75 Å². The lowest BCUT2D eigenvalue weighted by atomic mass is 10.1. The zero-order valence-corrected chi connectivity index (χ0v) is 15.6. The molecule has 25 heavy (non-hydrogen) atoms. The van der Waals surface area contributed by atoms with Gasteiger partial charge in [-0.05, 0) is 37.3 Å². The van der Waals surface area contributed by atoms with Crippen molar-refractivity contribution in [1.29, 1.82) is 0 Å². The average Bonchev–Trinajstić information content (AvgIpc) is 2.58. The predicted octanol–water partition coefficient (Wildman–Crippen LogP) is 5.35. The minimum atomic E-state index is -3.81. The van der Waals surface area contributed by atoms with Crippen molar-refractivity contribution in [2.75, 3.05) is 11.3 Å². The highest BCUT2D eigenvalue weighted by Gasteiger charge is 2.19. The fraction of sp³-hybridized carbons (Fsp3) is 0.111. The number of ether oxygens (including phenoxy) is 1. The summed E-state index contributed by atoms with van der Waals surface area (Å²) in [7, 11) is -3.81. The number of anilines is 1. The Morgan fingerprint density at radius 3 is 2.36 bits per heavy atom. The van der Waals surface area contributed by atoms with Gasteiger partial charge in [0.15, 0.2) is 0 Å². The summed E-state index contributed by atoms with van der Waals surface area (Å²) in [6.45, 7) is 2.38. The Bertz CT molecular complexity index is 1040. The van der Waals surface area contributed by atoms with Gasteiger partial charge in [0.05, 0.1) is 27.2 Å². The van der Waals surface area contributed by atoms with E-state index in [4.69, 9.17) is 27.9 Å². The lowest BCUT2D eigenvalue weighted by molar-refractivity contribution is 0.344. The van der Waals surface area contributed by atoms with Crippen LogP contribution in [0.2, 0.25) is 10.0 Å². The summed E-state index contributed by atoms with van der Waals surface area (Å²) >= 11 is 11.8. The topological polar surface area (TPSA) is 55.4 Å². The van der Waals surface area contributed by atoms with Gasteiger partial charge in [-0.15, -0.1) is 0 Å². The second kappa shape index (κ2) is 7.12. The summed E-state index contributed by atoms with van der Waals surface area (Å²) in [6.07, 6.45) is 0. The first-order chi connectivity index (χ1) is 11.9. The lowest BCUT2D eigenvalue weighted by Gasteiger charge is -2.13. The summed E-state index contributed by atoms with van der Waals surface area (Å²) < 4.78 is 33.8. The van der Waals surface area contributed by atoms with E-state index >= 15 is 0 Å². The Labute approximate surface area is 156 Å². The molecule has 0 radical (unpaired) electrons. The molecule has 0 saturated carbocycles. The molecule has 0 aliphatic heterocycles. The van der Waals surface area contributed by atoms with Gasteiger partial charge in [-0.1, -0.05) is 47.5 Å². The summed E-state index contributed by atoms with van der Waals surface area (Å²) in [6, 6.07) is 15.0. The van der Waals surface area contributed by atoms with E-state index in [0.717, 1.165) is 5.39 Å². The van der Waals surface area contributed by atoms with Crippen LogP contribution < -0.4 is 9.46 Å². The first kappa shape index (κ1) is 17.9. The van der Waals surface area contributed by atoms with Crippen molar-refractivity contribution in [1.82, 2.24) is 0 Å². The number of nitrogens with one attached hydrogen (secondary N) is 1. The van der Waals surface area contributed by atoms with Crippen LogP contribution in [0.1, 0.15) is 6.92 Å². The molecule has 3 aromatic carbocycles. The molecule has 0 fully saturated rings. The largest absolute Gasteiger partial charge is 0.493 e. The van der Waals surface area contributed by atoms with Crippen LogP contribution in [-0.4, -0.2) is 15.0 Å². The third kappa shape index (κ3) is 3.68. The van der Waals surface area contributed by atoms with Gasteiger partial charge in [0.2, 0.25) is 0 Å². The molecule has 0 unspecified atom stereocenters. The van der Waals surface area contributed by atoms with E-state index in [1.807, 2.05) is 19.1 Å². The van der Waals surface area contributed by atoms with Gasteiger partial charge in [-0.2, -0.15) is 0 Å². The molecule has 0 aliphatic carbocycles. The molecular formula is C18H15Cl2NO3S. The standard InChI is InChI=1S/C18H15Cl2NO3S/c1-2-24-17-9-10-18(14-6-4-3-5-13(14)17)25(22,23)21-12-7-8-15(19)16(20)11-12/h3-11,21H,2H2,1H3. The zero-order chi connectivity index (χ0) is 18.0. The van der Waals surface area contributed by atoms with Crippen LogP contribution in [0, 0.1) is 0 Å². The number of hydrogen-bond donors (Lipinski definition) is 1. The number of halogens is 2. The number of rotatable bonds is 5. The first-order valence-corrected chi connectivity index (χ1v) is 9.78. The second-order valence-corrected chi connectivity index (χ2v) is 7.74. The maximum absolute atomic E-state index is 12.9. The van der Waals surface area contributed by atoms with Crippen LogP contribution in [0.3, 0.4) is 0 Å². The zero-order valence-electron chi connectivity index (χ0n) is 13.3. The maximum Gasteiger partial charge on any atom is 0.262 e. The summed E-state index contributed by atoms with van der Waals surface area (Å²) in [5.41, 5.74) is 0.340. The highest BCUT2D eigenvalue weighted by Crippen LogP contribution is 2.33. The number of hydrogen-bond acceptors (Lipinski definition) is 3. The Morgan fingerprint density at radius 2 is 1.68 bits per heavy atom. The smallest absolute Gasteiger partial charge is 0.262 e. The predicted molar refractivity (Wildman–Crippen MR) is 102 cm³/mol. The molecule has 1 N–H and O–H groups in total. The molecule has 0 saturated heterocycles. The second-order valence-electron chi connectivity index (χ2n) is 5.27. The molecule has 0 atom stereocenters. The maximum atomic E-state index is 12.9. The van der Waals surface area contributed by atoms with Crippen molar-refractivity contribution in [3.05, 3.63) is 64.6 Å². The van der Waals surface area contributed by atoms with Gasteiger partial charge in [0, 0.05) is 10.8 Å². The van der Waals surface area contributed by atoms with Crippen LogP contribution in [0.25, 0.3) is 10.8 Å². The Morgan fingerprint density at radius 1 is 0.960 bits per heavy atom. The quantitative estimate of drug-likeness (QED) is 0.633. The average molecular weight is 396 g/mol. The van der Waals surface area contributed by atoms with Crippen molar-refractivity contribution in [2.24, 2.45) is 0 Å². The number of benzene rings is 3. The summed E-state index contributed by atoms with van der Waals surface area (Å²) in [4.78, 5) is 0.164. The van der Waals surface area contributed by atoms with Crippen LogP contribution >= 0.6 is 23.2 Å². The van der Waals surface area contributed by atoms with Gasteiger partial charge in [0.25, 0.3) is 10.0 Å². The van der Waals surface area contributed by atoms with Crippen LogP contribution in [0.5, 0.6) is 5.75 Å². The molecule has 130 valence electrons. The molecule has 7 heteroatoms. The van der Waals surface area contributed by atoms with Crippen molar-refractivity contribution >= 4 is 49.7 Å². The number of sulfonamides is 1. The Kier molecular flexibility index (Phi) is 5.08. The Hall–Kier alpha value is -1.95. The van der Waals surface area contributed by atoms with E-state index in [1.54, 1.807) is 24.3 Å². The van der Waals surface area contributed by atoms with E-state index in [2.05, 4.69) is 4.72 Å². The van der Waals surface area contributed by atoms with Crippen LogP contribution in [0.15, 0.2) is 59.5 Å². The summed E-state index contributed by atoms with van der Waals surface area (Å²) in [5.74, 6) is 0.645. The third-order valence-electron chi connectivity index (χ3n) is 3.61. The molecule has 0 amide bonds. The van der Waals surface area contributed by atoms with Crippen LogP contribution in [0.4, 0.5) is 5.69 Å². The minimum Gasteiger partial charge on any atom is -0.493 e. The molecule has 0 heterocycles. The van der Waals surface area contributed by atoms with Gasteiger partial charge in [0.1, 0.15) is 5.75 Å². The molecule has 0 spiro atoms. The highest BCUT2D eigenvalue weighted by atomic mass is 35.5. The van der Waals surface area contributed by atoms with E-state index in [0.29, 0.717) is 28.5 Å². The van der Waals surface area contributed by atoms with Crippen molar-refractivity contribution in [2.45, 2.75) is 11.8 Å². The van der Waals surface area contributed by atoms with Gasteiger partial charge in [-0.25, -0.2) is 8.42 Å². The van der Waals surface area contributed by atoms with E-state index in [9.17, 15) is 8.42 Å². The Balaban J connectivity index is 2.08. The minimum absolute atomic E-state index is 0.164. The SMILES string of the molecule is CCOc1ccc(S(=O)(=O)Nc2ccc(Cl)c(Cl)c2)c2ccccc12. The number of fused-ring (bicyclic) bond motifs is 1. The molecule has 3 aromatic rings. The fourth-order valence-electron chi connectivity index (χ4n) is 2.53. The van der Waals surface area contributed by atoms with E-state index in [-0.39, 0.29) is 9.92 Å². The van der Waals surface area contributed by atoms with Gasteiger partial charge >= 0.3 is 0 Å². The van der Waals surface area contributed by atoms with Crippen LogP contribution in [-0.2, 0) is 10.0 Å². The monoisotopic (exact) mass is 395 g/mol. The van der Waals surface area contributed by atoms with Crippen molar-refractivity contribution in [3.63, 3.8) is 0 Å². The summed E-state index contributed by atoms with van der Waals surface area (Å²) in [5, 5.41) is 1.96. The molecule has 0 bridgehead atoms. The van der Waals surface area contributed by atoms with E-state index < -0.39 is 10.0 Å². The molecule has 0 aromatic heterocycles. The van der Waals surface area contributed by atoms with Crippen molar-refractivity contribution < 1.29 is 13.2 Å². The van der Waals surface area contributed by atoms with Gasteiger partial charge < -0.3 is 4.74 Å². The highest BCUT2D eigenvalue weighted by molar-refractivity contribution is 7.93. The first-order valence-electron chi connectivity index (χ1n) is 7.55. The molecule has 4 nitrogen and oxygen atoms in total. The molecule has 3 rings (SSSR count). The molecular weight excluding hydrogens is 381 g/mol. The third-order valence-corrected chi connectivity index (χ3v) is 5.78. The normalized spacial score (nSPS) is 11.5.